The minimum absolute atomic E-state index is 0.217. The standard InChI is InChI=1S/C25H41NO6S/c1-2-3-4-5-6-7-8-9-10-11-12-13-14-15-16-26-20-17-22(33-19-20)25(31)32-24(30)21(27)18-23(28)29/h17,19,21,26-27H,2-16,18H2,1H3,(H,28,29). The van der Waals surface area contributed by atoms with Gasteiger partial charge in [-0.25, -0.2) is 9.59 Å². The number of thiophene rings is 1. The minimum atomic E-state index is -1.86. The second kappa shape index (κ2) is 18.5. The Morgan fingerprint density at radius 3 is 1.94 bits per heavy atom. The quantitative estimate of drug-likeness (QED) is 0.116. The van der Waals surface area contributed by atoms with E-state index in [9.17, 15) is 19.5 Å². The molecule has 3 N–H and O–H groups in total. The highest BCUT2D eigenvalue weighted by Gasteiger charge is 2.24. The molecule has 33 heavy (non-hydrogen) atoms. The zero-order valence-electron chi connectivity index (χ0n) is 20.0. The number of esters is 2. The van der Waals surface area contributed by atoms with E-state index in [-0.39, 0.29) is 4.88 Å². The van der Waals surface area contributed by atoms with E-state index in [1.54, 1.807) is 11.4 Å². The Balaban J connectivity index is 2.02. The second-order valence-corrected chi connectivity index (χ2v) is 9.46. The Hall–Kier alpha value is -1.93. The van der Waals surface area contributed by atoms with Crippen molar-refractivity contribution in [3.8, 4) is 0 Å². The monoisotopic (exact) mass is 483 g/mol. The van der Waals surface area contributed by atoms with Crippen LogP contribution in [0.3, 0.4) is 0 Å². The summed E-state index contributed by atoms with van der Waals surface area (Å²) in [7, 11) is 0. The number of carboxylic acid groups (broad SMARTS) is 1. The summed E-state index contributed by atoms with van der Waals surface area (Å²) in [5.74, 6) is -3.50. The Labute approximate surface area is 201 Å². The lowest BCUT2D eigenvalue weighted by molar-refractivity contribution is -0.153. The highest BCUT2D eigenvalue weighted by atomic mass is 32.1. The summed E-state index contributed by atoms with van der Waals surface area (Å²) in [5.41, 5.74) is 0.778. The van der Waals surface area contributed by atoms with Crippen LogP contribution < -0.4 is 5.32 Å². The number of unbranched alkanes of at least 4 members (excludes halogenated alkanes) is 13. The number of aliphatic hydroxyl groups is 1. The van der Waals surface area contributed by atoms with Gasteiger partial charge in [0.15, 0.2) is 6.10 Å². The van der Waals surface area contributed by atoms with Gasteiger partial charge in [-0.15, -0.1) is 11.3 Å². The fourth-order valence-electron chi connectivity index (χ4n) is 3.55. The van der Waals surface area contributed by atoms with E-state index in [4.69, 9.17) is 5.11 Å². The van der Waals surface area contributed by atoms with E-state index >= 15 is 0 Å². The van der Waals surface area contributed by atoms with Gasteiger partial charge in [0, 0.05) is 17.6 Å². The van der Waals surface area contributed by atoms with Crippen molar-refractivity contribution in [3.63, 3.8) is 0 Å². The summed E-state index contributed by atoms with van der Waals surface area (Å²) in [6.07, 6.45) is 15.8. The summed E-state index contributed by atoms with van der Waals surface area (Å²) in [5, 5.41) is 23.0. The lowest BCUT2D eigenvalue weighted by atomic mass is 10.0. The molecule has 0 radical (unpaired) electrons. The number of carbonyl (C=O) groups excluding carboxylic acids is 2. The molecule has 1 atom stereocenters. The predicted octanol–water partition coefficient (Wildman–Crippen LogP) is 6.16. The predicted molar refractivity (Wildman–Crippen MR) is 132 cm³/mol. The fraction of sp³-hybridized carbons (Fsp3) is 0.720. The van der Waals surface area contributed by atoms with Crippen molar-refractivity contribution in [1.82, 2.24) is 0 Å². The second-order valence-electron chi connectivity index (χ2n) is 8.54. The maximum absolute atomic E-state index is 12.0. The number of hydrogen-bond donors (Lipinski definition) is 3. The molecule has 0 saturated carbocycles. The first-order valence-corrected chi connectivity index (χ1v) is 13.3. The Morgan fingerprint density at radius 2 is 1.42 bits per heavy atom. The summed E-state index contributed by atoms with van der Waals surface area (Å²) >= 11 is 1.13. The molecule has 1 aromatic rings. The van der Waals surface area contributed by atoms with Gasteiger partial charge in [0.05, 0.1) is 6.42 Å². The maximum Gasteiger partial charge on any atom is 0.356 e. The number of aliphatic hydroxyl groups excluding tert-OH is 1. The van der Waals surface area contributed by atoms with Crippen LogP contribution in [0.4, 0.5) is 5.69 Å². The van der Waals surface area contributed by atoms with Crippen molar-refractivity contribution in [1.29, 1.82) is 0 Å². The van der Waals surface area contributed by atoms with Gasteiger partial charge in [-0.1, -0.05) is 90.4 Å². The first-order chi connectivity index (χ1) is 15.9. The molecule has 8 heteroatoms. The van der Waals surface area contributed by atoms with Gasteiger partial charge in [0.1, 0.15) is 4.88 Å². The van der Waals surface area contributed by atoms with Crippen molar-refractivity contribution >= 4 is 34.9 Å². The van der Waals surface area contributed by atoms with Crippen molar-refractivity contribution in [2.24, 2.45) is 0 Å². The van der Waals surface area contributed by atoms with Gasteiger partial charge in [-0.2, -0.15) is 0 Å². The van der Waals surface area contributed by atoms with Crippen LogP contribution in [0.15, 0.2) is 11.4 Å². The third-order valence-electron chi connectivity index (χ3n) is 5.49. The van der Waals surface area contributed by atoms with Crippen LogP contribution >= 0.6 is 11.3 Å². The molecule has 0 spiro atoms. The molecule has 0 bridgehead atoms. The molecule has 1 unspecified atom stereocenters. The van der Waals surface area contributed by atoms with E-state index in [1.807, 2.05) is 0 Å². The number of anilines is 1. The van der Waals surface area contributed by atoms with Crippen LogP contribution in [0.2, 0.25) is 0 Å². The number of aliphatic carboxylic acids is 1. The molecular weight excluding hydrogens is 442 g/mol. The number of nitrogens with one attached hydrogen (secondary N) is 1. The molecule has 188 valence electrons. The summed E-state index contributed by atoms with van der Waals surface area (Å²) in [4.78, 5) is 34.2. The van der Waals surface area contributed by atoms with Crippen molar-refractivity contribution in [3.05, 3.63) is 16.3 Å². The van der Waals surface area contributed by atoms with E-state index in [0.717, 1.165) is 30.0 Å². The van der Waals surface area contributed by atoms with E-state index in [1.165, 1.54) is 83.5 Å². The van der Waals surface area contributed by atoms with Crippen LogP contribution in [0, 0.1) is 0 Å². The number of rotatable bonds is 20. The molecule has 1 aromatic heterocycles. The highest BCUT2D eigenvalue weighted by Crippen LogP contribution is 2.21. The largest absolute Gasteiger partial charge is 0.481 e. The lowest BCUT2D eigenvalue weighted by Crippen LogP contribution is -2.27. The number of carbonyl (C=O) groups is 3. The molecule has 0 aliphatic heterocycles. The molecule has 0 aliphatic rings. The minimum Gasteiger partial charge on any atom is -0.481 e. The molecule has 1 heterocycles. The summed E-state index contributed by atoms with van der Waals surface area (Å²) in [6.45, 7) is 3.06. The normalized spacial score (nSPS) is 11.8. The third kappa shape index (κ3) is 14.8. The zero-order valence-corrected chi connectivity index (χ0v) is 20.8. The van der Waals surface area contributed by atoms with Crippen molar-refractivity contribution in [2.45, 2.75) is 109 Å². The number of hydrogen-bond acceptors (Lipinski definition) is 7. The van der Waals surface area contributed by atoms with Crippen LogP contribution in [0.5, 0.6) is 0 Å². The van der Waals surface area contributed by atoms with Crippen molar-refractivity contribution < 1.29 is 29.3 Å². The fourth-order valence-corrected chi connectivity index (χ4v) is 4.28. The Kier molecular flexibility index (Phi) is 16.3. The van der Waals surface area contributed by atoms with E-state index in [0.29, 0.717) is 0 Å². The average Bonchev–Trinajstić information content (AvgIpc) is 3.25. The number of ether oxygens (including phenoxy) is 1. The SMILES string of the molecule is CCCCCCCCCCCCCCCCNc1csc(C(=O)OC(=O)C(O)CC(=O)O)c1. The molecule has 0 amide bonds. The maximum atomic E-state index is 12.0. The van der Waals surface area contributed by atoms with Crippen molar-refractivity contribution in [2.75, 3.05) is 11.9 Å². The Morgan fingerprint density at radius 1 is 0.909 bits per heavy atom. The van der Waals surface area contributed by atoms with Gasteiger partial charge in [-0.05, 0) is 12.5 Å². The van der Waals surface area contributed by atoms with Crippen LogP contribution in [-0.2, 0) is 14.3 Å². The summed E-state index contributed by atoms with van der Waals surface area (Å²) in [6, 6.07) is 1.59. The van der Waals surface area contributed by atoms with E-state index in [2.05, 4.69) is 17.0 Å². The van der Waals surface area contributed by atoms with Gasteiger partial charge < -0.3 is 20.3 Å². The lowest BCUT2D eigenvalue weighted by Gasteiger charge is -2.06. The van der Waals surface area contributed by atoms with Gasteiger partial charge in [0.25, 0.3) is 0 Å². The van der Waals surface area contributed by atoms with Gasteiger partial charge >= 0.3 is 17.9 Å². The first-order valence-electron chi connectivity index (χ1n) is 12.4. The molecular formula is C25H41NO6S. The third-order valence-corrected chi connectivity index (χ3v) is 6.40. The molecule has 0 aliphatic carbocycles. The first kappa shape index (κ1) is 29.1. The topological polar surface area (TPSA) is 113 Å². The molecule has 0 fully saturated rings. The van der Waals surface area contributed by atoms with Crippen LogP contribution in [0.25, 0.3) is 0 Å². The van der Waals surface area contributed by atoms with Crippen LogP contribution in [0.1, 0.15) is 113 Å². The molecule has 0 aromatic carbocycles. The molecule has 0 saturated heterocycles. The molecule has 7 nitrogen and oxygen atoms in total. The molecule has 1 rings (SSSR count). The van der Waals surface area contributed by atoms with Crippen LogP contribution in [-0.4, -0.2) is 40.8 Å². The smallest absolute Gasteiger partial charge is 0.356 e. The number of carboxylic acids is 1. The summed E-state index contributed by atoms with van der Waals surface area (Å²) < 4.78 is 4.53. The van der Waals surface area contributed by atoms with Gasteiger partial charge in [0.2, 0.25) is 0 Å². The van der Waals surface area contributed by atoms with Gasteiger partial charge in [-0.3, -0.25) is 4.79 Å². The zero-order chi connectivity index (χ0) is 24.3. The Bertz CT molecular complexity index is 690. The average molecular weight is 484 g/mol. The highest BCUT2D eigenvalue weighted by molar-refractivity contribution is 7.12. The van der Waals surface area contributed by atoms with E-state index < -0.39 is 30.4 Å².